The monoisotopic (exact) mass is 270 g/mol. The van der Waals surface area contributed by atoms with Crippen LogP contribution in [0.1, 0.15) is 30.1 Å². The fourth-order valence-electron chi connectivity index (χ4n) is 1.87. The normalized spacial score (nSPS) is 18.0. The molecule has 2 rings (SSSR count). The van der Waals surface area contributed by atoms with Gasteiger partial charge in [-0.15, -0.1) is 0 Å². The highest BCUT2D eigenvalue weighted by atomic mass is 79.9. The van der Waals surface area contributed by atoms with E-state index >= 15 is 0 Å². The number of rotatable bonds is 2. The van der Waals surface area contributed by atoms with E-state index in [9.17, 15) is 0 Å². The summed E-state index contributed by atoms with van der Waals surface area (Å²) in [5.74, 6) is 0.539. The molecule has 0 atom stereocenters. The first-order valence-electron chi connectivity index (χ1n) is 5.24. The van der Waals surface area contributed by atoms with Crippen molar-refractivity contribution in [1.82, 2.24) is 4.98 Å². The molecule has 2 N–H and O–H groups in total. The van der Waals surface area contributed by atoms with Gasteiger partial charge < -0.3 is 10.5 Å². The Morgan fingerprint density at radius 3 is 2.80 bits per heavy atom. The fourth-order valence-corrected chi connectivity index (χ4v) is 2.25. The van der Waals surface area contributed by atoms with E-state index in [1.165, 1.54) is 0 Å². The molecule has 0 spiro atoms. The van der Waals surface area contributed by atoms with E-state index in [2.05, 4.69) is 27.0 Å². The topological polar surface area (TPSA) is 48.1 Å². The summed E-state index contributed by atoms with van der Waals surface area (Å²) in [6.45, 7) is 2.18. The minimum absolute atomic E-state index is 0.484. The average molecular weight is 271 g/mol. The van der Waals surface area contributed by atoms with Crippen molar-refractivity contribution in [2.24, 2.45) is 5.73 Å². The molecule has 1 saturated heterocycles. The van der Waals surface area contributed by atoms with Crippen LogP contribution in [-0.2, 0) is 11.3 Å². The number of hydrogen-bond acceptors (Lipinski definition) is 3. The molecule has 0 radical (unpaired) electrons. The highest BCUT2D eigenvalue weighted by Crippen LogP contribution is 2.27. The number of hydrogen-bond donors (Lipinski definition) is 1. The molecule has 0 aliphatic carbocycles. The number of pyridine rings is 1. The summed E-state index contributed by atoms with van der Waals surface area (Å²) in [6.07, 6.45) is 2.14. The lowest BCUT2D eigenvalue weighted by Crippen LogP contribution is -2.16. The molecule has 0 aromatic carbocycles. The van der Waals surface area contributed by atoms with E-state index in [-0.39, 0.29) is 0 Å². The van der Waals surface area contributed by atoms with E-state index in [1.807, 2.05) is 6.07 Å². The van der Waals surface area contributed by atoms with Crippen LogP contribution in [0.3, 0.4) is 0 Å². The number of halogens is 1. The predicted molar refractivity (Wildman–Crippen MR) is 62.6 cm³/mol. The second-order valence-electron chi connectivity index (χ2n) is 3.76. The van der Waals surface area contributed by atoms with Gasteiger partial charge in [0.05, 0.1) is 5.69 Å². The van der Waals surface area contributed by atoms with Crippen LogP contribution in [0, 0.1) is 0 Å². The van der Waals surface area contributed by atoms with Gasteiger partial charge in [0, 0.05) is 35.8 Å². The molecule has 1 aromatic rings. The first-order valence-corrected chi connectivity index (χ1v) is 6.03. The Bertz CT molecular complexity index is 337. The minimum Gasteiger partial charge on any atom is -0.381 e. The van der Waals surface area contributed by atoms with Crippen molar-refractivity contribution >= 4 is 15.9 Å². The first-order chi connectivity index (χ1) is 7.31. The van der Waals surface area contributed by atoms with Gasteiger partial charge in [0.2, 0.25) is 0 Å². The van der Waals surface area contributed by atoms with Gasteiger partial charge in [0.1, 0.15) is 0 Å². The van der Waals surface area contributed by atoms with E-state index in [0.29, 0.717) is 12.5 Å². The average Bonchev–Trinajstić information content (AvgIpc) is 2.31. The van der Waals surface area contributed by atoms with Gasteiger partial charge in [0.25, 0.3) is 0 Å². The second kappa shape index (κ2) is 5.05. The molecular formula is C11H15BrN2O. The Balaban J connectivity index is 2.20. The third-order valence-corrected chi connectivity index (χ3v) is 3.50. The molecule has 0 bridgehead atoms. The molecule has 3 nitrogen and oxygen atoms in total. The zero-order chi connectivity index (χ0) is 10.7. The van der Waals surface area contributed by atoms with E-state index in [4.69, 9.17) is 10.5 Å². The molecular weight excluding hydrogens is 256 g/mol. The van der Waals surface area contributed by atoms with Crippen molar-refractivity contribution in [1.29, 1.82) is 0 Å². The smallest absolute Gasteiger partial charge is 0.0684 e. The van der Waals surface area contributed by atoms with E-state index in [1.54, 1.807) is 0 Å². The van der Waals surface area contributed by atoms with Gasteiger partial charge >= 0.3 is 0 Å². The van der Waals surface area contributed by atoms with Crippen molar-refractivity contribution in [2.75, 3.05) is 13.2 Å². The quantitative estimate of drug-likeness (QED) is 0.897. The Hall–Kier alpha value is -0.450. The van der Waals surface area contributed by atoms with Gasteiger partial charge in [-0.1, -0.05) is 0 Å². The van der Waals surface area contributed by atoms with Gasteiger partial charge in [-0.05, 0) is 40.9 Å². The highest BCUT2D eigenvalue weighted by molar-refractivity contribution is 9.10. The fraction of sp³-hybridized carbons (Fsp3) is 0.545. The number of nitrogens with zero attached hydrogens (tertiary/aromatic N) is 1. The summed E-state index contributed by atoms with van der Waals surface area (Å²) >= 11 is 3.45. The van der Waals surface area contributed by atoms with Crippen molar-refractivity contribution in [2.45, 2.75) is 25.3 Å². The largest absolute Gasteiger partial charge is 0.381 e. The second-order valence-corrected chi connectivity index (χ2v) is 4.61. The third-order valence-electron chi connectivity index (χ3n) is 2.77. The summed E-state index contributed by atoms with van der Waals surface area (Å²) < 4.78 is 6.34. The summed E-state index contributed by atoms with van der Waals surface area (Å²) in [7, 11) is 0. The lowest BCUT2D eigenvalue weighted by Gasteiger charge is -2.22. The Kier molecular flexibility index (Phi) is 3.72. The lowest BCUT2D eigenvalue weighted by atomic mass is 9.96. The van der Waals surface area contributed by atoms with Crippen molar-refractivity contribution in [3.8, 4) is 0 Å². The first kappa shape index (κ1) is 11.0. The Labute approximate surface area is 98.2 Å². The summed E-state index contributed by atoms with van der Waals surface area (Å²) in [5.41, 5.74) is 7.73. The molecule has 0 unspecified atom stereocenters. The molecule has 82 valence electrons. The predicted octanol–water partition coefficient (Wildman–Crippen LogP) is 2.20. The van der Waals surface area contributed by atoms with Gasteiger partial charge in [0.15, 0.2) is 0 Å². The van der Waals surface area contributed by atoms with Crippen LogP contribution in [0.4, 0.5) is 0 Å². The third kappa shape index (κ3) is 2.56. The highest BCUT2D eigenvalue weighted by Gasteiger charge is 2.17. The molecule has 1 fully saturated rings. The molecule has 1 aromatic heterocycles. The maximum absolute atomic E-state index is 5.63. The SMILES string of the molecule is NCc1nc(C2CCOCC2)ccc1Br. The van der Waals surface area contributed by atoms with Crippen LogP contribution >= 0.6 is 15.9 Å². The van der Waals surface area contributed by atoms with Crippen molar-refractivity contribution < 1.29 is 4.74 Å². The van der Waals surface area contributed by atoms with Crippen molar-refractivity contribution in [3.63, 3.8) is 0 Å². The standard InChI is InChI=1S/C11H15BrN2O/c12-9-1-2-10(14-11(9)7-13)8-3-5-15-6-4-8/h1-2,8H,3-7,13H2. The minimum atomic E-state index is 0.484. The maximum atomic E-state index is 5.63. The van der Waals surface area contributed by atoms with Crippen molar-refractivity contribution in [3.05, 3.63) is 28.0 Å². The molecule has 1 aliphatic heterocycles. The number of nitrogens with two attached hydrogens (primary N) is 1. The summed E-state index contributed by atoms with van der Waals surface area (Å²) in [5, 5.41) is 0. The number of ether oxygens (including phenoxy) is 1. The molecule has 4 heteroatoms. The zero-order valence-corrected chi connectivity index (χ0v) is 10.2. The Morgan fingerprint density at radius 2 is 2.13 bits per heavy atom. The van der Waals surface area contributed by atoms with E-state index in [0.717, 1.165) is 41.9 Å². The van der Waals surface area contributed by atoms with Crippen LogP contribution in [0.5, 0.6) is 0 Å². The molecule has 0 amide bonds. The van der Waals surface area contributed by atoms with Gasteiger partial charge in [-0.25, -0.2) is 0 Å². The van der Waals surface area contributed by atoms with Gasteiger partial charge in [-0.2, -0.15) is 0 Å². The Morgan fingerprint density at radius 1 is 1.40 bits per heavy atom. The van der Waals surface area contributed by atoms with Gasteiger partial charge in [-0.3, -0.25) is 4.98 Å². The molecule has 2 heterocycles. The summed E-state index contributed by atoms with van der Waals surface area (Å²) in [4.78, 5) is 4.59. The van der Waals surface area contributed by atoms with Crippen LogP contribution in [-0.4, -0.2) is 18.2 Å². The number of aromatic nitrogens is 1. The van der Waals surface area contributed by atoms with Crippen LogP contribution in [0.25, 0.3) is 0 Å². The van der Waals surface area contributed by atoms with E-state index < -0.39 is 0 Å². The molecule has 0 saturated carbocycles. The van der Waals surface area contributed by atoms with Crippen LogP contribution in [0.15, 0.2) is 16.6 Å². The lowest BCUT2D eigenvalue weighted by molar-refractivity contribution is 0.0844. The zero-order valence-electron chi connectivity index (χ0n) is 8.58. The summed E-state index contributed by atoms with van der Waals surface area (Å²) in [6, 6.07) is 4.12. The molecule has 1 aliphatic rings. The van der Waals surface area contributed by atoms with Crippen LogP contribution in [0.2, 0.25) is 0 Å². The van der Waals surface area contributed by atoms with Crippen LogP contribution < -0.4 is 5.73 Å². The maximum Gasteiger partial charge on any atom is 0.0684 e. The molecule has 15 heavy (non-hydrogen) atoms.